The Morgan fingerprint density at radius 2 is 1.80 bits per heavy atom. The number of aryl methyl sites for hydroxylation is 2. The monoisotopic (exact) mass is 338 g/mol. The lowest BCUT2D eigenvalue weighted by atomic mass is 9.96. The van der Waals surface area contributed by atoms with Crippen molar-refractivity contribution in [1.82, 2.24) is 10.1 Å². The van der Waals surface area contributed by atoms with E-state index in [9.17, 15) is 10.2 Å². The molecule has 0 aliphatic heterocycles. The van der Waals surface area contributed by atoms with Crippen molar-refractivity contribution in [2.24, 2.45) is 0 Å². The highest BCUT2D eigenvalue weighted by Crippen LogP contribution is 2.34. The van der Waals surface area contributed by atoms with Crippen LogP contribution in [0.2, 0.25) is 0 Å². The van der Waals surface area contributed by atoms with E-state index in [0.717, 1.165) is 22.5 Å². The summed E-state index contributed by atoms with van der Waals surface area (Å²) in [7, 11) is 0. The number of hydrogen-bond donors (Lipinski definition) is 2. The number of aliphatic hydroxyl groups excluding tert-OH is 1. The maximum absolute atomic E-state index is 10.7. The summed E-state index contributed by atoms with van der Waals surface area (Å²) in [6.07, 6.45) is 0.805. The molecule has 0 aliphatic carbocycles. The summed E-state index contributed by atoms with van der Waals surface area (Å²) in [4.78, 5) is 4.40. The number of pyridine rings is 1. The van der Waals surface area contributed by atoms with Crippen molar-refractivity contribution in [3.8, 4) is 16.9 Å². The summed E-state index contributed by atoms with van der Waals surface area (Å²) >= 11 is 0. The van der Waals surface area contributed by atoms with E-state index >= 15 is 0 Å². The van der Waals surface area contributed by atoms with Crippen molar-refractivity contribution in [1.29, 1.82) is 0 Å². The van der Waals surface area contributed by atoms with Gasteiger partial charge in [0.05, 0.1) is 5.69 Å². The molecule has 1 atom stereocenters. The zero-order valence-electron chi connectivity index (χ0n) is 14.8. The Hall–Kier alpha value is -2.66. The highest BCUT2D eigenvalue weighted by molar-refractivity contribution is 5.70. The second-order valence-electron chi connectivity index (χ2n) is 6.59. The van der Waals surface area contributed by atoms with Crippen LogP contribution in [0.3, 0.4) is 0 Å². The van der Waals surface area contributed by atoms with Crippen molar-refractivity contribution in [3.05, 3.63) is 64.8 Å². The fourth-order valence-electron chi connectivity index (χ4n) is 2.94. The Kier molecular flexibility index (Phi) is 4.59. The summed E-state index contributed by atoms with van der Waals surface area (Å²) in [6.45, 7) is 7.82. The van der Waals surface area contributed by atoms with Gasteiger partial charge >= 0.3 is 0 Å². The summed E-state index contributed by atoms with van der Waals surface area (Å²) in [6, 6.07) is 8.83. The van der Waals surface area contributed by atoms with E-state index in [-0.39, 0.29) is 5.75 Å². The Balaban J connectivity index is 1.99. The molecule has 2 heterocycles. The first kappa shape index (κ1) is 17.2. The molecule has 2 aromatic heterocycles. The maximum atomic E-state index is 10.7. The summed E-state index contributed by atoms with van der Waals surface area (Å²) in [5.74, 6) is 1.09. The molecule has 25 heavy (non-hydrogen) atoms. The van der Waals surface area contributed by atoms with Crippen LogP contribution in [0, 0.1) is 13.8 Å². The van der Waals surface area contributed by atoms with Gasteiger partial charge in [-0.15, -0.1) is 0 Å². The number of hydrogen-bond acceptors (Lipinski definition) is 5. The molecular formula is C20H22N2O3. The van der Waals surface area contributed by atoms with Gasteiger partial charge in [-0.05, 0) is 55.2 Å². The number of phenols is 1. The smallest absolute Gasteiger partial charge is 0.141 e. The third-order valence-corrected chi connectivity index (χ3v) is 4.29. The van der Waals surface area contributed by atoms with Gasteiger partial charge in [0.25, 0.3) is 0 Å². The van der Waals surface area contributed by atoms with Crippen molar-refractivity contribution >= 4 is 0 Å². The second kappa shape index (κ2) is 6.69. The van der Waals surface area contributed by atoms with E-state index in [1.54, 1.807) is 18.3 Å². The molecule has 5 heteroatoms. The Bertz CT molecular complexity index is 863. The van der Waals surface area contributed by atoms with E-state index < -0.39 is 6.10 Å². The molecule has 5 nitrogen and oxygen atoms in total. The minimum Gasteiger partial charge on any atom is -0.508 e. The topological polar surface area (TPSA) is 79.4 Å². The van der Waals surface area contributed by atoms with Gasteiger partial charge in [-0.3, -0.25) is 4.98 Å². The van der Waals surface area contributed by atoms with Crippen LogP contribution in [-0.4, -0.2) is 20.4 Å². The van der Waals surface area contributed by atoms with E-state index in [0.29, 0.717) is 22.8 Å². The highest BCUT2D eigenvalue weighted by atomic mass is 16.5. The highest BCUT2D eigenvalue weighted by Gasteiger charge is 2.17. The van der Waals surface area contributed by atoms with Crippen molar-refractivity contribution < 1.29 is 14.7 Å². The van der Waals surface area contributed by atoms with E-state index in [1.807, 2.05) is 32.0 Å². The van der Waals surface area contributed by atoms with Gasteiger partial charge in [0, 0.05) is 23.0 Å². The van der Waals surface area contributed by atoms with Crippen molar-refractivity contribution in [2.45, 2.75) is 39.7 Å². The molecule has 0 fully saturated rings. The minimum atomic E-state index is -0.875. The molecule has 0 bridgehead atoms. The molecule has 3 rings (SSSR count). The number of aromatic nitrogens is 2. The van der Waals surface area contributed by atoms with Crippen molar-refractivity contribution in [2.75, 3.05) is 0 Å². The van der Waals surface area contributed by atoms with Crippen LogP contribution in [0.1, 0.15) is 54.1 Å². The Labute approximate surface area is 147 Å². The number of aliphatic hydroxyl groups is 1. The fraction of sp³-hybridized carbons (Fsp3) is 0.300. The first-order valence-corrected chi connectivity index (χ1v) is 8.28. The molecule has 2 N–H and O–H groups in total. The van der Waals surface area contributed by atoms with Crippen LogP contribution in [0.25, 0.3) is 11.1 Å². The van der Waals surface area contributed by atoms with Gasteiger partial charge in [-0.25, -0.2) is 0 Å². The van der Waals surface area contributed by atoms with Crippen LogP contribution in [0.4, 0.5) is 0 Å². The van der Waals surface area contributed by atoms with E-state index in [4.69, 9.17) is 4.52 Å². The predicted molar refractivity (Wildman–Crippen MR) is 95.5 cm³/mol. The third kappa shape index (κ3) is 3.42. The lowest BCUT2D eigenvalue weighted by Gasteiger charge is -2.14. The number of benzene rings is 1. The van der Waals surface area contributed by atoms with Crippen LogP contribution < -0.4 is 0 Å². The first-order valence-electron chi connectivity index (χ1n) is 8.28. The van der Waals surface area contributed by atoms with Gasteiger partial charge in [-0.1, -0.05) is 25.1 Å². The molecule has 0 aliphatic rings. The lowest BCUT2D eigenvalue weighted by Crippen LogP contribution is -2.02. The summed E-state index contributed by atoms with van der Waals surface area (Å²) in [5.41, 5.74) is 4.58. The number of nitrogens with zero attached hydrogens (tertiary/aromatic N) is 2. The Morgan fingerprint density at radius 1 is 1.04 bits per heavy atom. The predicted octanol–water partition coefficient (Wildman–Crippen LogP) is 4.26. The van der Waals surface area contributed by atoms with Crippen LogP contribution in [-0.2, 0) is 0 Å². The number of rotatable bonds is 4. The van der Waals surface area contributed by atoms with Gasteiger partial charge in [0.1, 0.15) is 17.6 Å². The van der Waals surface area contributed by atoms with Crippen molar-refractivity contribution in [3.63, 3.8) is 0 Å². The average molecular weight is 338 g/mol. The zero-order chi connectivity index (χ0) is 18.1. The van der Waals surface area contributed by atoms with Gasteiger partial charge in [0.15, 0.2) is 0 Å². The van der Waals surface area contributed by atoms with Crippen LogP contribution in [0.5, 0.6) is 5.75 Å². The van der Waals surface area contributed by atoms with Gasteiger partial charge < -0.3 is 14.7 Å². The van der Waals surface area contributed by atoms with Gasteiger partial charge in [-0.2, -0.15) is 0 Å². The summed E-state index contributed by atoms with van der Waals surface area (Å²) < 4.78 is 5.21. The number of aromatic hydroxyl groups is 1. The van der Waals surface area contributed by atoms with Crippen LogP contribution in [0.15, 0.2) is 41.1 Å². The molecule has 0 saturated carbocycles. The molecule has 130 valence electrons. The molecule has 3 aromatic rings. The largest absolute Gasteiger partial charge is 0.508 e. The zero-order valence-corrected chi connectivity index (χ0v) is 14.8. The molecular weight excluding hydrogens is 316 g/mol. The van der Waals surface area contributed by atoms with E-state index in [1.165, 1.54) is 0 Å². The van der Waals surface area contributed by atoms with Gasteiger partial charge in [0.2, 0.25) is 0 Å². The molecule has 0 saturated heterocycles. The second-order valence-corrected chi connectivity index (χ2v) is 6.59. The summed E-state index contributed by atoms with van der Waals surface area (Å²) in [5, 5.41) is 24.8. The molecule has 1 unspecified atom stereocenters. The fourth-order valence-corrected chi connectivity index (χ4v) is 2.94. The third-order valence-electron chi connectivity index (χ3n) is 4.29. The lowest BCUT2D eigenvalue weighted by molar-refractivity contribution is 0.219. The SMILES string of the molecule is Cc1noc(C)c1-c1cc(O)cc(C(O)c2ccc(C(C)C)nc2)c1. The quantitative estimate of drug-likeness (QED) is 0.743. The average Bonchev–Trinajstić information content (AvgIpc) is 2.92. The molecule has 0 amide bonds. The first-order chi connectivity index (χ1) is 11.9. The molecule has 1 aromatic carbocycles. The minimum absolute atomic E-state index is 0.0818. The van der Waals surface area contributed by atoms with E-state index in [2.05, 4.69) is 24.0 Å². The maximum Gasteiger partial charge on any atom is 0.141 e. The standard InChI is InChI=1S/C20H22N2O3/c1-11(2)18-6-5-14(10-21-18)20(24)16-7-15(8-17(23)9-16)19-12(3)22-25-13(19)4/h5-11,20,23-24H,1-4H3. The number of phenolic OH excluding ortho intramolecular Hbond substituents is 1. The molecule has 0 radical (unpaired) electrons. The Morgan fingerprint density at radius 3 is 2.36 bits per heavy atom. The van der Waals surface area contributed by atoms with Crippen LogP contribution >= 0.6 is 0 Å². The normalized spacial score (nSPS) is 12.6. The molecule has 0 spiro atoms.